The third-order valence-corrected chi connectivity index (χ3v) is 4.04. The van der Waals surface area contributed by atoms with E-state index in [1.54, 1.807) is 24.4 Å². The minimum absolute atomic E-state index is 0.247. The number of carbonyl (C=O) groups excluding carboxylic acids is 1. The summed E-state index contributed by atoms with van der Waals surface area (Å²) < 4.78 is 1.81. The fourth-order valence-corrected chi connectivity index (χ4v) is 2.51. The predicted molar refractivity (Wildman–Crippen MR) is 86.3 cm³/mol. The van der Waals surface area contributed by atoms with Gasteiger partial charge in [-0.1, -0.05) is 37.0 Å². The largest absolute Gasteiger partial charge is 0.327 e. The summed E-state index contributed by atoms with van der Waals surface area (Å²) in [6, 6.07) is 4.94. The molecule has 0 aliphatic rings. The van der Waals surface area contributed by atoms with Crippen molar-refractivity contribution in [3.63, 3.8) is 0 Å². The first kappa shape index (κ1) is 15.9. The van der Waals surface area contributed by atoms with Crippen LogP contribution in [0.15, 0.2) is 24.4 Å². The number of aromatic nitrogens is 2. The first-order valence-electron chi connectivity index (χ1n) is 6.72. The van der Waals surface area contributed by atoms with Gasteiger partial charge in [0, 0.05) is 18.0 Å². The highest BCUT2D eigenvalue weighted by molar-refractivity contribution is 6.36. The summed E-state index contributed by atoms with van der Waals surface area (Å²) in [6.07, 6.45) is 2.55. The van der Waals surface area contributed by atoms with Gasteiger partial charge in [0.15, 0.2) is 0 Å². The lowest BCUT2D eigenvalue weighted by Gasteiger charge is -2.11. The number of hydrogen-bond donors (Lipinski definition) is 1. The standard InChI is InChI=1S/C15H17Cl2N3O/c1-4-9(2)14-18-8-13(20(14)3)15(21)19-12-6-5-10(16)7-11(12)17/h5-9H,4H2,1-3H3,(H,19,21). The number of imidazole rings is 1. The van der Waals surface area contributed by atoms with Crippen molar-refractivity contribution in [3.8, 4) is 0 Å². The third kappa shape index (κ3) is 3.39. The molecule has 2 rings (SSSR count). The van der Waals surface area contributed by atoms with Gasteiger partial charge in [0.1, 0.15) is 11.5 Å². The van der Waals surface area contributed by atoms with Crippen LogP contribution >= 0.6 is 23.2 Å². The maximum absolute atomic E-state index is 12.3. The first-order chi connectivity index (χ1) is 9.93. The number of halogens is 2. The Morgan fingerprint density at radius 2 is 2.14 bits per heavy atom. The molecular weight excluding hydrogens is 309 g/mol. The molecule has 1 aromatic carbocycles. The van der Waals surface area contributed by atoms with E-state index in [1.165, 1.54) is 0 Å². The first-order valence-corrected chi connectivity index (χ1v) is 7.47. The Morgan fingerprint density at radius 1 is 1.43 bits per heavy atom. The Balaban J connectivity index is 2.23. The Morgan fingerprint density at radius 3 is 2.76 bits per heavy atom. The average molecular weight is 326 g/mol. The zero-order chi connectivity index (χ0) is 15.6. The number of nitrogens with one attached hydrogen (secondary N) is 1. The van der Waals surface area contributed by atoms with E-state index in [-0.39, 0.29) is 5.91 Å². The highest BCUT2D eigenvalue weighted by Crippen LogP contribution is 2.26. The molecular formula is C15H17Cl2N3O. The Labute approximate surface area is 134 Å². The summed E-state index contributed by atoms with van der Waals surface area (Å²) in [5.41, 5.74) is 1.02. The van der Waals surface area contributed by atoms with Gasteiger partial charge in [-0.15, -0.1) is 0 Å². The number of rotatable bonds is 4. The fraction of sp³-hybridized carbons (Fsp3) is 0.333. The summed E-state index contributed by atoms with van der Waals surface area (Å²) in [5, 5.41) is 3.70. The molecule has 2 aromatic rings. The van der Waals surface area contributed by atoms with Crippen molar-refractivity contribution in [3.05, 3.63) is 46.0 Å². The van der Waals surface area contributed by atoms with E-state index < -0.39 is 0 Å². The molecule has 0 fully saturated rings. The van der Waals surface area contributed by atoms with Gasteiger partial charge in [0.25, 0.3) is 5.91 Å². The SMILES string of the molecule is CCC(C)c1ncc(C(=O)Nc2ccc(Cl)cc2Cl)n1C. The van der Waals surface area contributed by atoms with E-state index in [1.807, 2.05) is 11.6 Å². The second-order valence-electron chi connectivity index (χ2n) is 4.95. The monoisotopic (exact) mass is 325 g/mol. The molecule has 112 valence electrons. The minimum atomic E-state index is -0.247. The number of benzene rings is 1. The van der Waals surface area contributed by atoms with Gasteiger partial charge in [0.2, 0.25) is 0 Å². The van der Waals surface area contributed by atoms with Gasteiger partial charge in [-0.05, 0) is 24.6 Å². The Kier molecular flexibility index (Phi) is 4.91. The lowest BCUT2D eigenvalue weighted by atomic mass is 10.1. The van der Waals surface area contributed by atoms with E-state index in [2.05, 4.69) is 24.1 Å². The molecule has 1 amide bonds. The molecule has 0 radical (unpaired) electrons. The van der Waals surface area contributed by atoms with Crippen LogP contribution in [0.25, 0.3) is 0 Å². The molecule has 21 heavy (non-hydrogen) atoms. The molecule has 0 aliphatic carbocycles. The quantitative estimate of drug-likeness (QED) is 0.900. The zero-order valence-electron chi connectivity index (χ0n) is 12.2. The van der Waals surface area contributed by atoms with Crippen LogP contribution < -0.4 is 5.32 Å². The van der Waals surface area contributed by atoms with Crippen molar-refractivity contribution in [2.24, 2.45) is 7.05 Å². The summed E-state index contributed by atoms with van der Waals surface area (Å²) >= 11 is 11.9. The van der Waals surface area contributed by atoms with Crippen LogP contribution in [-0.4, -0.2) is 15.5 Å². The molecule has 1 N–H and O–H groups in total. The summed E-state index contributed by atoms with van der Waals surface area (Å²) in [4.78, 5) is 16.7. The Bertz CT molecular complexity index is 667. The molecule has 6 heteroatoms. The van der Waals surface area contributed by atoms with Crippen LogP contribution in [0.5, 0.6) is 0 Å². The zero-order valence-corrected chi connectivity index (χ0v) is 13.7. The van der Waals surface area contributed by atoms with E-state index in [4.69, 9.17) is 23.2 Å². The van der Waals surface area contributed by atoms with Gasteiger partial charge in [0.05, 0.1) is 16.9 Å². The van der Waals surface area contributed by atoms with E-state index >= 15 is 0 Å². The van der Waals surface area contributed by atoms with Gasteiger partial charge in [-0.25, -0.2) is 4.98 Å². The lowest BCUT2D eigenvalue weighted by molar-refractivity contribution is 0.101. The Hall–Kier alpha value is -1.52. The minimum Gasteiger partial charge on any atom is -0.327 e. The van der Waals surface area contributed by atoms with Gasteiger partial charge < -0.3 is 9.88 Å². The smallest absolute Gasteiger partial charge is 0.273 e. The summed E-state index contributed by atoms with van der Waals surface area (Å²) in [7, 11) is 1.84. The molecule has 1 atom stereocenters. The van der Waals surface area contributed by atoms with Crippen molar-refractivity contribution in [2.45, 2.75) is 26.2 Å². The van der Waals surface area contributed by atoms with Gasteiger partial charge in [-0.3, -0.25) is 4.79 Å². The fourth-order valence-electron chi connectivity index (χ4n) is 2.05. The van der Waals surface area contributed by atoms with Crippen LogP contribution in [0, 0.1) is 0 Å². The topological polar surface area (TPSA) is 46.9 Å². The molecule has 4 nitrogen and oxygen atoms in total. The van der Waals surface area contributed by atoms with Crippen LogP contribution in [0.1, 0.15) is 42.5 Å². The van der Waals surface area contributed by atoms with Crippen LogP contribution in [-0.2, 0) is 7.05 Å². The molecule has 0 spiro atoms. The summed E-state index contributed by atoms with van der Waals surface area (Å²) in [5.74, 6) is 0.948. The number of nitrogens with zero attached hydrogens (tertiary/aromatic N) is 2. The predicted octanol–water partition coefficient (Wildman–Crippen LogP) is 4.49. The molecule has 1 aromatic heterocycles. The van der Waals surface area contributed by atoms with Crippen molar-refractivity contribution >= 4 is 34.8 Å². The van der Waals surface area contributed by atoms with Crippen molar-refractivity contribution < 1.29 is 4.79 Å². The number of amides is 1. The highest BCUT2D eigenvalue weighted by Gasteiger charge is 2.17. The number of carbonyl (C=O) groups is 1. The molecule has 1 heterocycles. The van der Waals surface area contributed by atoms with Gasteiger partial charge in [-0.2, -0.15) is 0 Å². The summed E-state index contributed by atoms with van der Waals surface area (Å²) in [6.45, 7) is 4.17. The van der Waals surface area contributed by atoms with E-state index in [0.717, 1.165) is 12.2 Å². The van der Waals surface area contributed by atoms with Crippen LogP contribution in [0.3, 0.4) is 0 Å². The van der Waals surface area contributed by atoms with Crippen molar-refractivity contribution in [1.29, 1.82) is 0 Å². The molecule has 0 saturated carbocycles. The van der Waals surface area contributed by atoms with Crippen LogP contribution in [0.4, 0.5) is 5.69 Å². The molecule has 1 unspecified atom stereocenters. The number of anilines is 1. The van der Waals surface area contributed by atoms with Crippen molar-refractivity contribution in [2.75, 3.05) is 5.32 Å². The highest BCUT2D eigenvalue weighted by atomic mass is 35.5. The second-order valence-corrected chi connectivity index (χ2v) is 5.79. The average Bonchev–Trinajstić information content (AvgIpc) is 2.83. The lowest BCUT2D eigenvalue weighted by Crippen LogP contribution is -2.17. The van der Waals surface area contributed by atoms with Gasteiger partial charge >= 0.3 is 0 Å². The van der Waals surface area contributed by atoms with Crippen LogP contribution in [0.2, 0.25) is 10.0 Å². The van der Waals surface area contributed by atoms with E-state index in [0.29, 0.717) is 27.3 Å². The molecule has 0 aliphatic heterocycles. The van der Waals surface area contributed by atoms with E-state index in [9.17, 15) is 4.79 Å². The second kappa shape index (κ2) is 6.50. The third-order valence-electron chi connectivity index (χ3n) is 3.49. The molecule has 0 saturated heterocycles. The normalized spacial score (nSPS) is 12.2. The maximum Gasteiger partial charge on any atom is 0.273 e. The number of hydrogen-bond acceptors (Lipinski definition) is 2. The maximum atomic E-state index is 12.3. The molecule has 0 bridgehead atoms. The van der Waals surface area contributed by atoms with Crippen molar-refractivity contribution in [1.82, 2.24) is 9.55 Å².